The van der Waals surface area contributed by atoms with Crippen molar-refractivity contribution in [3.63, 3.8) is 0 Å². The van der Waals surface area contributed by atoms with Crippen molar-refractivity contribution in [2.24, 2.45) is 0 Å². The summed E-state index contributed by atoms with van der Waals surface area (Å²) >= 11 is 1.28. The Labute approximate surface area is 68.6 Å². The molecular weight excluding hydrogens is 166 g/mol. The lowest BCUT2D eigenvalue weighted by Gasteiger charge is -2.02. The van der Waals surface area contributed by atoms with E-state index in [-0.39, 0.29) is 5.56 Å². The van der Waals surface area contributed by atoms with Crippen LogP contribution in [0.5, 0.6) is 0 Å². The Balaban J connectivity index is 3.25. The molecule has 1 rings (SSSR count). The summed E-state index contributed by atoms with van der Waals surface area (Å²) in [4.78, 5) is 0.490. The molecule has 0 aliphatic heterocycles. The molecule has 60 valence electrons. The average Bonchev–Trinajstić information content (AvgIpc) is 2.01. The SMILES string of the molecule is CSc1ccc(F)c(C)c1F. The van der Waals surface area contributed by atoms with E-state index in [1.807, 2.05) is 0 Å². The van der Waals surface area contributed by atoms with Crippen LogP contribution in [-0.4, -0.2) is 6.26 Å². The van der Waals surface area contributed by atoms with Crippen LogP contribution in [0.3, 0.4) is 0 Å². The van der Waals surface area contributed by atoms with Gasteiger partial charge in [-0.3, -0.25) is 0 Å². The van der Waals surface area contributed by atoms with E-state index in [2.05, 4.69) is 0 Å². The minimum Gasteiger partial charge on any atom is -0.207 e. The molecule has 0 spiro atoms. The largest absolute Gasteiger partial charge is 0.207 e. The van der Waals surface area contributed by atoms with Gasteiger partial charge in [0.25, 0.3) is 0 Å². The highest BCUT2D eigenvalue weighted by atomic mass is 32.2. The van der Waals surface area contributed by atoms with Gasteiger partial charge in [-0.15, -0.1) is 11.8 Å². The molecular formula is C8H8F2S. The maximum atomic E-state index is 13.0. The molecule has 0 saturated carbocycles. The van der Waals surface area contributed by atoms with E-state index in [0.717, 1.165) is 0 Å². The summed E-state index contributed by atoms with van der Waals surface area (Å²) < 4.78 is 25.6. The van der Waals surface area contributed by atoms with Gasteiger partial charge in [0.05, 0.1) is 0 Å². The maximum absolute atomic E-state index is 13.0. The van der Waals surface area contributed by atoms with Crippen molar-refractivity contribution < 1.29 is 8.78 Å². The van der Waals surface area contributed by atoms with Crippen molar-refractivity contribution in [2.45, 2.75) is 11.8 Å². The van der Waals surface area contributed by atoms with Gasteiger partial charge < -0.3 is 0 Å². The van der Waals surface area contributed by atoms with Crippen LogP contribution in [0.25, 0.3) is 0 Å². The van der Waals surface area contributed by atoms with Gasteiger partial charge in [-0.2, -0.15) is 0 Å². The molecule has 0 saturated heterocycles. The molecule has 0 aliphatic rings. The fourth-order valence-electron chi connectivity index (χ4n) is 0.794. The summed E-state index contributed by atoms with van der Waals surface area (Å²) in [6.07, 6.45) is 1.76. The van der Waals surface area contributed by atoms with Gasteiger partial charge in [0.15, 0.2) is 0 Å². The third-order valence-electron chi connectivity index (χ3n) is 1.50. The zero-order valence-electron chi connectivity index (χ0n) is 6.32. The Morgan fingerprint density at radius 3 is 2.45 bits per heavy atom. The molecule has 0 unspecified atom stereocenters. The highest BCUT2D eigenvalue weighted by Crippen LogP contribution is 2.22. The predicted octanol–water partition coefficient (Wildman–Crippen LogP) is 3.00. The van der Waals surface area contributed by atoms with Crippen molar-refractivity contribution in [1.82, 2.24) is 0 Å². The lowest BCUT2D eigenvalue weighted by Crippen LogP contribution is -1.90. The summed E-state index contributed by atoms with van der Waals surface area (Å²) in [5.74, 6) is -0.933. The van der Waals surface area contributed by atoms with Gasteiger partial charge in [-0.1, -0.05) is 0 Å². The molecule has 0 fully saturated rings. The highest BCUT2D eigenvalue weighted by Gasteiger charge is 2.07. The molecule has 1 aromatic rings. The fraction of sp³-hybridized carbons (Fsp3) is 0.250. The summed E-state index contributed by atoms with van der Waals surface area (Å²) in [7, 11) is 0. The molecule has 0 N–H and O–H groups in total. The monoisotopic (exact) mass is 174 g/mol. The number of halogens is 2. The molecule has 0 amide bonds. The van der Waals surface area contributed by atoms with Gasteiger partial charge in [0, 0.05) is 10.5 Å². The van der Waals surface area contributed by atoms with Gasteiger partial charge in [0.1, 0.15) is 11.6 Å². The van der Waals surface area contributed by atoms with Gasteiger partial charge >= 0.3 is 0 Å². The van der Waals surface area contributed by atoms with E-state index in [1.165, 1.54) is 30.8 Å². The molecule has 3 heteroatoms. The molecule has 0 heterocycles. The second kappa shape index (κ2) is 3.22. The Kier molecular flexibility index (Phi) is 2.49. The van der Waals surface area contributed by atoms with E-state index in [1.54, 1.807) is 6.26 Å². The predicted molar refractivity (Wildman–Crippen MR) is 42.9 cm³/mol. The van der Waals surface area contributed by atoms with E-state index in [9.17, 15) is 8.78 Å². The van der Waals surface area contributed by atoms with E-state index < -0.39 is 11.6 Å². The third kappa shape index (κ3) is 1.53. The Hall–Kier alpha value is -0.570. The van der Waals surface area contributed by atoms with Crippen molar-refractivity contribution in [3.8, 4) is 0 Å². The Morgan fingerprint density at radius 2 is 1.91 bits per heavy atom. The van der Waals surface area contributed by atoms with Crippen LogP contribution in [-0.2, 0) is 0 Å². The maximum Gasteiger partial charge on any atom is 0.142 e. The van der Waals surface area contributed by atoms with E-state index in [4.69, 9.17) is 0 Å². The van der Waals surface area contributed by atoms with Gasteiger partial charge in [-0.25, -0.2) is 8.78 Å². The molecule has 11 heavy (non-hydrogen) atoms. The van der Waals surface area contributed by atoms with Crippen LogP contribution in [0.1, 0.15) is 5.56 Å². The second-order valence-corrected chi connectivity index (χ2v) is 3.04. The quantitative estimate of drug-likeness (QED) is 0.590. The zero-order valence-corrected chi connectivity index (χ0v) is 7.14. The lowest BCUT2D eigenvalue weighted by atomic mass is 10.2. The minimum absolute atomic E-state index is 0.0943. The first-order chi connectivity index (χ1) is 5.16. The second-order valence-electron chi connectivity index (χ2n) is 2.19. The first kappa shape index (κ1) is 8.53. The van der Waals surface area contributed by atoms with Crippen LogP contribution >= 0.6 is 11.8 Å². The van der Waals surface area contributed by atoms with Crippen LogP contribution in [0.15, 0.2) is 17.0 Å². The summed E-state index contributed by atoms with van der Waals surface area (Å²) in [5.41, 5.74) is 0.0943. The molecule has 0 nitrogen and oxygen atoms in total. The number of benzene rings is 1. The van der Waals surface area contributed by atoms with E-state index in [0.29, 0.717) is 4.90 Å². The van der Waals surface area contributed by atoms with Crippen molar-refractivity contribution >= 4 is 11.8 Å². The molecule has 0 bridgehead atoms. The van der Waals surface area contributed by atoms with Crippen LogP contribution in [0.2, 0.25) is 0 Å². The number of hydrogen-bond donors (Lipinski definition) is 0. The normalized spacial score (nSPS) is 10.2. The third-order valence-corrected chi connectivity index (χ3v) is 2.26. The van der Waals surface area contributed by atoms with Crippen molar-refractivity contribution in [1.29, 1.82) is 0 Å². The van der Waals surface area contributed by atoms with Crippen molar-refractivity contribution in [3.05, 3.63) is 29.3 Å². The van der Waals surface area contributed by atoms with Gasteiger partial charge in [0.2, 0.25) is 0 Å². The summed E-state index contributed by atoms with van der Waals surface area (Å²) in [5, 5.41) is 0. The Morgan fingerprint density at radius 1 is 1.27 bits per heavy atom. The first-order valence-corrected chi connectivity index (χ1v) is 4.38. The molecule has 0 aromatic heterocycles. The lowest BCUT2D eigenvalue weighted by molar-refractivity contribution is 0.551. The molecule has 0 radical (unpaired) electrons. The van der Waals surface area contributed by atoms with Crippen molar-refractivity contribution in [2.75, 3.05) is 6.26 Å². The zero-order chi connectivity index (χ0) is 8.43. The van der Waals surface area contributed by atoms with E-state index >= 15 is 0 Å². The number of thioether (sulfide) groups is 1. The molecule has 0 atom stereocenters. The average molecular weight is 174 g/mol. The number of rotatable bonds is 1. The topological polar surface area (TPSA) is 0 Å². The van der Waals surface area contributed by atoms with Crippen LogP contribution in [0, 0.1) is 18.6 Å². The van der Waals surface area contributed by atoms with Gasteiger partial charge in [-0.05, 0) is 25.3 Å². The van der Waals surface area contributed by atoms with Crippen LogP contribution < -0.4 is 0 Å². The highest BCUT2D eigenvalue weighted by molar-refractivity contribution is 7.98. The molecule has 1 aromatic carbocycles. The fourth-order valence-corrected chi connectivity index (χ4v) is 1.33. The summed E-state index contributed by atoms with van der Waals surface area (Å²) in [6.45, 7) is 1.43. The standard InChI is InChI=1S/C8H8F2S/c1-5-6(9)3-4-7(11-2)8(5)10/h3-4H,1-2H3. The number of hydrogen-bond acceptors (Lipinski definition) is 1. The van der Waals surface area contributed by atoms with Crippen LogP contribution in [0.4, 0.5) is 8.78 Å². The summed E-state index contributed by atoms with van der Waals surface area (Å²) in [6, 6.07) is 2.73. The molecule has 0 aliphatic carbocycles. The minimum atomic E-state index is -0.486. The Bertz CT molecular complexity index is 271. The first-order valence-electron chi connectivity index (χ1n) is 3.15. The smallest absolute Gasteiger partial charge is 0.142 e.